The third-order valence-electron chi connectivity index (χ3n) is 5.95. The maximum atomic E-state index is 12.7. The van der Waals surface area contributed by atoms with Crippen LogP contribution in [0.25, 0.3) is 6.08 Å². The second-order valence-corrected chi connectivity index (χ2v) is 10.2. The quantitative estimate of drug-likeness (QED) is 0.479. The Bertz CT molecular complexity index is 1150. The predicted octanol–water partition coefficient (Wildman–Crippen LogP) is 2.46. The highest BCUT2D eigenvalue weighted by molar-refractivity contribution is 7.89. The molecule has 1 saturated heterocycles. The third-order valence-corrected chi connectivity index (χ3v) is 7.86. The Morgan fingerprint density at radius 2 is 1.82 bits per heavy atom. The van der Waals surface area contributed by atoms with Crippen molar-refractivity contribution in [3.63, 3.8) is 0 Å². The van der Waals surface area contributed by atoms with Crippen LogP contribution >= 0.6 is 0 Å². The van der Waals surface area contributed by atoms with Crippen LogP contribution in [-0.4, -0.2) is 57.5 Å². The van der Waals surface area contributed by atoms with Gasteiger partial charge in [-0.15, -0.1) is 0 Å². The predicted molar refractivity (Wildman–Crippen MR) is 126 cm³/mol. The molecule has 2 aromatic carbocycles. The van der Waals surface area contributed by atoms with E-state index in [2.05, 4.69) is 11.4 Å². The van der Waals surface area contributed by atoms with E-state index in [0.29, 0.717) is 31.9 Å². The summed E-state index contributed by atoms with van der Waals surface area (Å²) >= 11 is 0. The summed E-state index contributed by atoms with van der Waals surface area (Å²) in [7, 11) is -3.57. The Labute approximate surface area is 199 Å². The average molecular weight is 485 g/mol. The molecule has 1 fully saturated rings. The summed E-state index contributed by atoms with van der Waals surface area (Å²) < 4.78 is 37.0. The zero-order valence-electron chi connectivity index (χ0n) is 18.8. The molecule has 9 heteroatoms. The molecule has 1 amide bonds. The fourth-order valence-corrected chi connectivity index (χ4v) is 5.58. The number of esters is 1. The van der Waals surface area contributed by atoms with Gasteiger partial charge in [0.05, 0.1) is 24.2 Å². The topological polar surface area (TPSA) is 102 Å². The summed E-state index contributed by atoms with van der Waals surface area (Å²) in [6, 6.07) is 14.2. The molecule has 1 atom stereocenters. The molecule has 0 bridgehead atoms. The summed E-state index contributed by atoms with van der Waals surface area (Å²) in [4.78, 5) is 24.5. The zero-order valence-corrected chi connectivity index (χ0v) is 19.6. The summed E-state index contributed by atoms with van der Waals surface area (Å²) in [5.74, 6) is -0.995. The molecule has 0 unspecified atom stereocenters. The number of hydrogen-bond acceptors (Lipinski definition) is 6. The number of nitrogens with one attached hydrogen (secondary N) is 1. The molecule has 2 aromatic rings. The fraction of sp³-hybridized carbons (Fsp3) is 0.360. The van der Waals surface area contributed by atoms with E-state index in [1.165, 1.54) is 34.2 Å². The maximum absolute atomic E-state index is 12.7. The molecule has 1 N–H and O–H groups in total. The normalized spacial score (nSPS) is 18.9. The van der Waals surface area contributed by atoms with E-state index >= 15 is 0 Å². The number of nitrogens with zero attached hydrogens (tertiary/aromatic N) is 1. The molecule has 0 saturated carbocycles. The van der Waals surface area contributed by atoms with Gasteiger partial charge >= 0.3 is 5.97 Å². The van der Waals surface area contributed by atoms with Crippen molar-refractivity contribution in [2.24, 2.45) is 0 Å². The highest BCUT2D eigenvalue weighted by Gasteiger charge is 2.26. The van der Waals surface area contributed by atoms with Crippen molar-refractivity contribution in [2.75, 3.05) is 32.9 Å². The Morgan fingerprint density at radius 3 is 2.59 bits per heavy atom. The Balaban J connectivity index is 1.27. The lowest BCUT2D eigenvalue weighted by Gasteiger charge is -2.26. The van der Waals surface area contributed by atoms with Gasteiger partial charge in [-0.05, 0) is 54.2 Å². The summed E-state index contributed by atoms with van der Waals surface area (Å²) in [5.41, 5.74) is 3.00. The molecule has 1 aliphatic carbocycles. The molecule has 8 nitrogen and oxygen atoms in total. The fourth-order valence-electron chi connectivity index (χ4n) is 4.18. The van der Waals surface area contributed by atoms with Gasteiger partial charge in [0.15, 0.2) is 6.61 Å². The second kappa shape index (κ2) is 10.9. The first kappa shape index (κ1) is 24.1. The van der Waals surface area contributed by atoms with E-state index in [4.69, 9.17) is 9.47 Å². The number of morpholine rings is 1. The van der Waals surface area contributed by atoms with Crippen LogP contribution in [0.5, 0.6) is 0 Å². The molecule has 1 aliphatic heterocycles. The summed E-state index contributed by atoms with van der Waals surface area (Å²) in [5, 5.41) is 2.94. The minimum Gasteiger partial charge on any atom is -0.452 e. The van der Waals surface area contributed by atoms with Crippen LogP contribution in [0, 0.1) is 0 Å². The molecular weight excluding hydrogens is 456 g/mol. The van der Waals surface area contributed by atoms with Crippen molar-refractivity contribution in [2.45, 2.75) is 30.2 Å². The summed E-state index contributed by atoms with van der Waals surface area (Å²) in [6.07, 6.45) is 5.59. The number of benzene rings is 2. The highest BCUT2D eigenvalue weighted by atomic mass is 32.2. The Kier molecular flexibility index (Phi) is 7.77. The second-order valence-electron chi connectivity index (χ2n) is 8.24. The number of carbonyl (C=O) groups is 2. The number of ether oxygens (including phenoxy) is 2. The van der Waals surface area contributed by atoms with Crippen molar-refractivity contribution in [1.82, 2.24) is 9.62 Å². The van der Waals surface area contributed by atoms with Crippen molar-refractivity contribution < 1.29 is 27.5 Å². The minimum atomic E-state index is -3.57. The van der Waals surface area contributed by atoms with Crippen LogP contribution in [0.2, 0.25) is 0 Å². The standard InChI is InChI=1S/C25H28N2O6S/c28-24(26-23-7-3-5-20-4-1-2-6-22(20)23)18-33-25(29)13-10-19-8-11-21(12-9-19)34(30,31)27-14-16-32-17-15-27/h1-2,4,6,8-13,23H,3,5,7,14-18H2,(H,26,28)/b13-10+/t23-/m0/s1. The van der Waals surface area contributed by atoms with E-state index in [1.54, 1.807) is 12.1 Å². The van der Waals surface area contributed by atoms with Gasteiger partial charge in [0, 0.05) is 19.2 Å². The summed E-state index contributed by atoms with van der Waals surface area (Å²) in [6.45, 7) is 1.06. The first-order valence-electron chi connectivity index (χ1n) is 11.3. The van der Waals surface area contributed by atoms with Crippen LogP contribution < -0.4 is 5.32 Å². The number of carbonyl (C=O) groups excluding carboxylic acids is 2. The van der Waals surface area contributed by atoms with Crippen LogP contribution in [0.15, 0.2) is 59.5 Å². The molecule has 1 heterocycles. The van der Waals surface area contributed by atoms with E-state index < -0.39 is 16.0 Å². The monoisotopic (exact) mass is 484 g/mol. The van der Waals surface area contributed by atoms with Crippen LogP contribution in [-0.2, 0) is 35.5 Å². The SMILES string of the molecule is O=C(COC(=O)/C=C/c1ccc(S(=O)(=O)N2CCOCC2)cc1)N[C@H]1CCCc2ccccc21. The lowest BCUT2D eigenvalue weighted by atomic mass is 9.88. The van der Waals surface area contributed by atoms with Gasteiger partial charge in [0.1, 0.15) is 0 Å². The van der Waals surface area contributed by atoms with Gasteiger partial charge in [-0.1, -0.05) is 36.4 Å². The van der Waals surface area contributed by atoms with Gasteiger partial charge in [0.25, 0.3) is 5.91 Å². The van der Waals surface area contributed by atoms with E-state index in [1.807, 2.05) is 18.2 Å². The van der Waals surface area contributed by atoms with Crippen molar-refractivity contribution >= 4 is 28.0 Å². The van der Waals surface area contributed by atoms with Crippen LogP contribution in [0.3, 0.4) is 0 Å². The molecule has 180 valence electrons. The third kappa shape index (κ3) is 5.91. The largest absolute Gasteiger partial charge is 0.452 e. The van der Waals surface area contributed by atoms with Crippen molar-refractivity contribution in [3.8, 4) is 0 Å². The Morgan fingerprint density at radius 1 is 1.09 bits per heavy atom. The lowest BCUT2D eigenvalue weighted by molar-refractivity contribution is -0.144. The average Bonchev–Trinajstić information content (AvgIpc) is 2.87. The molecular formula is C25H28N2O6S. The number of hydrogen-bond donors (Lipinski definition) is 1. The minimum absolute atomic E-state index is 0.0704. The van der Waals surface area contributed by atoms with Crippen LogP contribution in [0.1, 0.15) is 35.6 Å². The molecule has 2 aliphatic rings. The molecule has 4 rings (SSSR count). The molecule has 0 aromatic heterocycles. The number of aryl methyl sites for hydroxylation is 1. The van der Waals surface area contributed by atoms with E-state index in [9.17, 15) is 18.0 Å². The van der Waals surface area contributed by atoms with Crippen molar-refractivity contribution in [1.29, 1.82) is 0 Å². The number of fused-ring (bicyclic) bond motifs is 1. The van der Waals surface area contributed by atoms with Gasteiger partial charge in [-0.2, -0.15) is 4.31 Å². The molecule has 34 heavy (non-hydrogen) atoms. The number of rotatable bonds is 7. The zero-order chi connectivity index (χ0) is 24.0. The van der Waals surface area contributed by atoms with Gasteiger partial charge in [-0.25, -0.2) is 13.2 Å². The van der Waals surface area contributed by atoms with Crippen LogP contribution in [0.4, 0.5) is 0 Å². The number of sulfonamides is 1. The van der Waals surface area contributed by atoms with Gasteiger partial charge in [-0.3, -0.25) is 4.79 Å². The maximum Gasteiger partial charge on any atom is 0.331 e. The van der Waals surface area contributed by atoms with Gasteiger partial charge in [0.2, 0.25) is 10.0 Å². The molecule has 0 spiro atoms. The smallest absolute Gasteiger partial charge is 0.331 e. The first-order valence-corrected chi connectivity index (χ1v) is 12.8. The van der Waals surface area contributed by atoms with E-state index in [-0.39, 0.29) is 23.5 Å². The highest BCUT2D eigenvalue weighted by Crippen LogP contribution is 2.29. The molecule has 0 radical (unpaired) electrons. The van der Waals surface area contributed by atoms with E-state index in [0.717, 1.165) is 24.8 Å². The lowest BCUT2D eigenvalue weighted by Crippen LogP contribution is -2.40. The van der Waals surface area contributed by atoms with Crippen molar-refractivity contribution in [3.05, 3.63) is 71.3 Å². The first-order chi connectivity index (χ1) is 16.4. The van der Waals surface area contributed by atoms with Gasteiger partial charge < -0.3 is 14.8 Å². The number of amides is 1. The Hall–Kier alpha value is -3.01.